The van der Waals surface area contributed by atoms with E-state index in [0.29, 0.717) is 22.7 Å². The van der Waals surface area contributed by atoms with Crippen LogP contribution < -0.4 is 0 Å². The van der Waals surface area contributed by atoms with Crippen LogP contribution in [0.1, 0.15) is 67.2 Å². The molecule has 4 fully saturated rings. The summed E-state index contributed by atoms with van der Waals surface area (Å²) in [5.41, 5.74) is 1.03. The lowest BCUT2D eigenvalue weighted by atomic mass is 9.66. The molecule has 128 valence electrons. The minimum absolute atomic E-state index is 0.282. The van der Waals surface area contributed by atoms with Gasteiger partial charge in [0.2, 0.25) is 0 Å². The second-order valence-electron chi connectivity index (χ2n) is 10.8. The Morgan fingerprint density at radius 3 is 1.52 bits per heavy atom. The van der Waals surface area contributed by atoms with Crippen LogP contribution in [-0.2, 0) is 4.65 Å². The van der Waals surface area contributed by atoms with E-state index < -0.39 is 0 Å². The predicted octanol–water partition coefficient (Wildman–Crippen LogP) is 5.09. The van der Waals surface area contributed by atoms with Gasteiger partial charge in [0.25, 0.3) is 8.05 Å². The Hall–Kier alpha value is 0.0249. The van der Waals surface area contributed by atoms with Crippen molar-refractivity contribution >= 4 is 8.05 Å². The molecule has 0 aromatic rings. The molecule has 9 atom stereocenters. The average Bonchev–Trinajstić information content (AvgIpc) is 3.25. The highest BCUT2D eigenvalue weighted by atomic mass is 16.4. The molecule has 4 rings (SSSR count). The number of rotatable bonds is 3. The predicted molar refractivity (Wildman–Crippen MR) is 95.9 cm³/mol. The Kier molecular flexibility index (Phi) is 3.60. The van der Waals surface area contributed by atoms with Gasteiger partial charge in [0.1, 0.15) is 0 Å². The molecule has 1 nitrogen and oxygen atoms in total. The molecular formula is C21H35BO. The van der Waals surface area contributed by atoms with Crippen molar-refractivity contribution in [2.45, 2.75) is 73.3 Å². The third-order valence-electron chi connectivity index (χ3n) is 9.20. The zero-order valence-electron chi connectivity index (χ0n) is 16.0. The van der Waals surface area contributed by atoms with Gasteiger partial charge in [0, 0.05) is 6.10 Å². The summed E-state index contributed by atoms with van der Waals surface area (Å²) in [5.74, 6) is 6.41. The van der Waals surface area contributed by atoms with Crippen molar-refractivity contribution in [3.8, 4) is 0 Å². The van der Waals surface area contributed by atoms with Gasteiger partial charge in [0.15, 0.2) is 0 Å². The van der Waals surface area contributed by atoms with Crippen molar-refractivity contribution < 1.29 is 4.65 Å². The van der Waals surface area contributed by atoms with E-state index in [4.69, 9.17) is 12.7 Å². The molecule has 1 unspecified atom stereocenters. The second kappa shape index (κ2) is 5.02. The van der Waals surface area contributed by atoms with E-state index in [2.05, 4.69) is 41.5 Å². The van der Waals surface area contributed by atoms with E-state index in [-0.39, 0.29) is 6.10 Å². The maximum atomic E-state index is 6.00. The summed E-state index contributed by atoms with van der Waals surface area (Å²) < 4.78 is 5.85. The fraction of sp³-hybridized carbons (Fsp3) is 1.00. The van der Waals surface area contributed by atoms with E-state index >= 15 is 0 Å². The molecule has 4 aliphatic carbocycles. The van der Waals surface area contributed by atoms with E-state index in [1.165, 1.54) is 25.7 Å². The molecule has 23 heavy (non-hydrogen) atoms. The number of hydrogen-bond acceptors (Lipinski definition) is 1. The van der Waals surface area contributed by atoms with Crippen LogP contribution in [-0.4, -0.2) is 14.2 Å². The zero-order valence-corrected chi connectivity index (χ0v) is 16.0. The van der Waals surface area contributed by atoms with Crippen LogP contribution in [0.2, 0.25) is 0 Å². The lowest BCUT2D eigenvalue weighted by Gasteiger charge is -2.43. The minimum Gasteiger partial charge on any atom is -0.444 e. The molecule has 0 bridgehead atoms. The Morgan fingerprint density at radius 1 is 0.783 bits per heavy atom. The van der Waals surface area contributed by atoms with E-state index in [9.17, 15) is 0 Å². The van der Waals surface area contributed by atoms with Crippen LogP contribution in [0.25, 0.3) is 0 Å². The van der Waals surface area contributed by atoms with Gasteiger partial charge in [-0.15, -0.1) is 0 Å². The summed E-state index contributed by atoms with van der Waals surface area (Å²) in [6.07, 6.45) is 5.86. The summed E-state index contributed by atoms with van der Waals surface area (Å²) >= 11 is 0. The maximum Gasteiger partial charge on any atom is 0.283 e. The summed E-state index contributed by atoms with van der Waals surface area (Å²) in [7, 11) is 6.00. The Balaban J connectivity index is 1.63. The van der Waals surface area contributed by atoms with Gasteiger partial charge in [-0.2, -0.15) is 0 Å². The van der Waals surface area contributed by atoms with Crippen molar-refractivity contribution in [2.24, 2.45) is 58.2 Å². The molecule has 0 N–H and O–H groups in total. The first-order valence-corrected chi connectivity index (χ1v) is 10.1. The number of fused-ring (bicyclic) bond motifs is 2. The van der Waals surface area contributed by atoms with Gasteiger partial charge < -0.3 is 4.65 Å². The molecule has 2 heteroatoms. The number of hydrogen-bond donors (Lipinski definition) is 0. The third kappa shape index (κ3) is 2.15. The molecule has 4 saturated carbocycles. The van der Waals surface area contributed by atoms with E-state index in [1.807, 2.05) is 0 Å². The van der Waals surface area contributed by atoms with Crippen LogP contribution in [0.15, 0.2) is 0 Å². The van der Waals surface area contributed by atoms with Crippen molar-refractivity contribution in [3.05, 3.63) is 0 Å². The highest BCUT2D eigenvalue weighted by Gasteiger charge is 2.69. The van der Waals surface area contributed by atoms with Gasteiger partial charge in [-0.3, -0.25) is 0 Å². The quantitative estimate of drug-likeness (QED) is 0.659. The molecule has 0 heterocycles. The molecule has 2 radical (unpaired) electrons. The van der Waals surface area contributed by atoms with Crippen molar-refractivity contribution in [1.29, 1.82) is 0 Å². The summed E-state index contributed by atoms with van der Waals surface area (Å²) in [5, 5.41) is 0. The van der Waals surface area contributed by atoms with Gasteiger partial charge in [-0.05, 0) is 71.0 Å². The Labute approximate surface area is 144 Å². The van der Waals surface area contributed by atoms with E-state index in [1.54, 1.807) is 0 Å². The first-order chi connectivity index (χ1) is 10.7. The highest BCUT2D eigenvalue weighted by Crippen LogP contribution is 2.73. The summed E-state index contributed by atoms with van der Waals surface area (Å²) in [4.78, 5) is 0. The van der Waals surface area contributed by atoms with Crippen LogP contribution in [0.5, 0.6) is 0 Å². The molecule has 4 aliphatic rings. The second-order valence-corrected chi connectivity index (χ2v) is 10.8. The first-order valence-electron chi connectivity index (χ1n) is 10.1. The van der Waals surface area contributed by atoms with Crippen LogP contribution in [0, 0.1) is 58.2 Å². The minimum atomic E-state index is 0.282. The standard InChI is InChI=1S/C21H35BO/c1-11-7-9-13-17(20(13,3)4)15(11)19(23-22)16-12(2)8-10-14-18(16)21(14,5)6/h11-19H,7-10H2,1-6H3/t11-,12-,13+,14+,15+,16+,17-,18+,19?/m0/s1. The maximum absolute atomic E-state index is 6.00. The summed E-state index contributed by atoms with van der Waals surface area (Å²) in [6.45, 7) is 14.9. The van der Waals surface area contributed by atoms with Gasteiger partial charge in [-0.25, -0.2) is 0 Å². The molecule has 0 aromatic heterocycles. The molecule has 0 aliphatic heterocycles. The molecule has 0 spiro atoms. The lowest BCUT2D eigenvalue weighted by Crippen LogP contribution is -2.43. The monoisotopic (exact) mass is 314 g/mol. The third-order valence-corrected chi connectivity index (χ3v) is 9.20. The SMILES string of the molecule is [B]OC([C@H]1[C@@H]2[C@@H](CC[C@@H]1C)C2(C)C)[C@H]1[C@H]2[C@@H](CC[C@@H]1C)C2(C)C. The van der Waals surface area contributed by atoms with Crippen LogP contribution >= 0.6 is 0 Å². The topological polar surface area (TPSA) is 9.23 Å². The molecular weight excluding hydrogens is 279 g/mol. The van der Waals surface area contributed by atoms with Crippen molar-refractivity contribution in [3.63, 3.8) is 0 Å². The van der Waals surface area contributed by atoms with Crippen LogP contribution in [0.3, 0.4) is 0 Å². The largest absolute Gasteiger partial charge is 0.444 e. The van der Waals surface area contributed by atoms with Gasteiger partial charge >= 0.3 is 0 Å². The average molecular weight is 314 g/mol. The van der Waals surface area contributed by atoms with E-state index in [0.717, 1.165) is 35.5 Å². The van der Waals surface area contributed by atoms with Crippen LogP contribution in [0.4, 0.5) is 0 Å². The zero-order chi connectivity index (χ0) is 16.7. The van der Waals surface area contributed by atoms with Crippen molar-refractivity contribution in [1.82, 2.24) is 0 Å². The van der Waals surface area contributed by atoms with Gasteiger partial charge in [0.05, 0.1) is 0 Å². The Morgan fingerprint density at radius 2 is 1.17 bits per heavy atom. The molecule has 0 amide bonds. The molecule has 0 saturated heterocycles. The first kappa shape index (κ1) is 16.5. The molecule has 0 aromatic carbocycles. The normalized spacial score (nSPS) is 53.8. The fourth-order valence-electron chi connectivity index (χ4n) is 7.68. The summed E-state index contributed by atoms with van der Waals surface area (Å²) in [6, 6.07) is 0. The smallest absolute Gasteiger partial charge is 0.283 e. The lowest BCUT2D eigenvalue weighted by molar-refractivity contribution is -0.0178. The highest BCUT2D eigenvalue weighted by molar-refractivity contribution is 5.98. The van der Waals surface area contributed by atoms with Gasteiger partial charge in [-0.1, -0.05) is 54.4 Å². The Bertz CT molecular complexity index is 442. The van der Waals surface area contributed by atoms with Crippen molar-refractivity contribution in [2.75, 3.05) is 0 Å². The fourth-order valence-corrected chi connectivity index (χ4v) is 7.68.